The fourth-order valence-corrected chi connectivity index (χ4v) is 10.4. The number of methoxy groups -OCH3 is 1. The molecule has 0 radical (unpaired) electrons. The zero-order chi connectivity index (χ0) is 29.0. The Morgan fingerprint density at radius 3 is 2.48 bits per heavy atom. The molecular weight excluding hydrogens is 617 g/mol. The highest BCUT2D eigenvalue weighted by atomic mass is 35.5. The smallest absolute Gasteiger partial charge is 0.305 e. The van der Waals surface area contributed by atoms with Crippen LogP contribution in [0.2, 0.25) is 0 Å². The third-order valence-electron chi connectivity index (χ3n) is 12.7. The summed E-state index contributed by atoms with van der Waals surface area (Å²) < 4.78 is 4.92. The van der Waals surface area contributed by atoms with Gasteiger partial charge < -0.3 is 20.5 Å². The number of unbranched alkanes of at least 4 members (excludes halogenated alkanes) is 1. The van der Waals surface area contributed by atoms with Crippen LogP contribution < -0.4 is 10.6 Å². The first-order valence-electron chi connectivity index (χ1n) is 16.8. The Morgan fingerprint density at radius 2 is 1.75 bits per heavy atom. The minimum Gasteiger partial charge on any atom is -0.469 e. The average Bonchev–Trinajstić information content (AvgIpc) is 3.33. The van der Waals surface area contributed by atoms with Gasteiger partial charge >= 0.3 is 5.97 Å². The summed E-state index contributed by atoms with van der Waals surface area (Å²) in [6.07, 6.45) is 15.4. The first-order valence-corrected chi connectivity index (χ1v) is 16.8. The number of halogens is 3. The summed E-state index contributed by atoms with van der Waals surface area (Å²) in [6.45, 7) is 10.5. The molecule has 4 aliphatic rings. The van der Waals surface area contributed by atoms with E-state index in [2.05, 4.69) is 42.5 Å². The molecule has 0 aliphatic heterocycles. The lowest BCUT2D eigenvalue weighted by Gasteiger charge is -2.62. The highest BCUT2D eigenvalue weighted by Gasteiger charge is 2.62. The van der Waals surface area contributed by atoms with Crippen molar-refractivity contribution in [2.24, 2.45) is 46.3 Å². The number of fused-ring (bicyclic) bond motifs is 5. The Morgan fingerprint density at radius 1 is 1.02 bits per heavy atom. The number of pyridine rings is 1. The molecule has 0 aromatic carbocycles. The van der Waals surface area contributed by atoms with E-state index in [9.17, 15) is 9.90 Å². The third kappa shape index (κ3) is 8.44. The van der Waals surface area contributed by atoms with Crippen molar-refractivity contribution >= 4 is 43.2 Å². The molecule has 0 amide bonds. The quantitative estimate of drug-likeness (QED) is 0.158. The molecule has 4 fully saturated rings. The summed E-state index contributed by atoms with van der Waals surface area (Å²) in [6, 6.07) is 6.67. The van der Waals surface area contributed by atoms with Gasteiger partial charge in [-0.2, -0.15) is 0 Å². The zero-order valence-electron chi connectivity index (χ0n) is 27.5. The lowest BCUT2D eigenvalue weighted by atomic mass is 9.43. The van der Waals surface area contributed by atoms with Gasteiger partial charge in [0.2, 0.25) is 0 Å². The van der Waals surface area contributed by atoms with Gasteiger partial charge in [0, 0.05) is 25.2 Å². The second-order valence-electron chi connectivity index (χ2n) is 14.7. The maximum Gasteiger partial charge on any atom is 0.305 e. The van der Waals surface area contributed by atoms with Gasteiger partial charge in [-0.25, -0.2) is 0 Å². The number of esters is 1. The molecule has 44 heavy (non-hydrogen) atoms. The Bertz CT molecular complexity index is 1010. The minimum atomic E-state index is -0.157. The fraction of sp³-hybridized carbons (Fsp3) is 0.829. The van der Waals surface area contributed by atoms with Crippen molar-refractivity contribution in [1.29, 1.82) is 0 Å². The van der Waals surface area contributed by atoms with Gasteiger partial charge in [0.25, 0.3) is 0 Å². The molecule has 9 heteroatoms. The van der Waals surface area contributed by atoms with E-state index in [1.54, 1.807) is 0 Å². The zero-order valence-corrected chi connectivity index (χ0v) is 29.9. The molecule has 1 aromatic rings. The van der Waals surface area contributed by atoms with Gasteiger partial charge in [0.15, 0.2) is 0 Å². The predicted octanol–water partition coefficient (Wildman–Crippen LogP) is 7.39. The van der Waals surface area contributed by atoms with Crippen LogP contribution in [0.15, 0.2) is 24.4 Å². The van der Waals surface area contributed by atoms with E-state index in [4.69, 9.17) is 4.74 Å². The van der Waals surface area contributed by atoms with Gasteiger partial charge in [-0.1, -0.05) is 26.8 Å². The van der Waals surface area contributed by atoms with Gasteiger partial charge in [-0.05, 0) is 142 Å². The van der Waals surface area contributed by atoms with E-state index in [-0.39, 0.29) is 49.3 Å². The van der Waals surface area contributed by atoms with Crippen LogP contribution >= 0.6 is 37.2 Å². The topological polar surface area (TPSA) is 83.5 Å². The largest absolute Gasteiger partial charge is 0.469 e. The number of aliphatic hydroxyl groups is 1. The molecule has 3 N–H and O–H groups in total. The van der Waals surface area contributed by atoms with E-state index in [1.807, 2.05) is 18.3 Å². The first kappa shape index (κ1) is 39.5. The lowest BCUT2D eigenvalue weighted by Crippen LogP contribution is -2.59. The maximum absolute atomic E-state index is 11.8. The number of ether oxygens (including phenoxy) is 1. The summed E-state index contributed by atoms with van der Waals surface area (Å²) in [5.74, 6) is 3.47. The van der Waals surface area contributed by atoms with Gasteiger partial charge in [0.1, 0.15) is 0 Å². The number of aliphatic hydroxyl groups excluding tert-OH is 1. The van der Waals surface area contributed by atoms with E-state index >= 15 is 0 Å². The SMILES string of the molecule is COC(=O)CC[C@@H](C)[C@@H]1CC[C@H]2[C@@H]3[C@H](O)C[C@H]4C[C@H](NCCCCNCc5ccccn5)CC[C@]4(C)[C@@H]3CC[C@]21C.Cl.Cl.Cl. The molecule has 5 rings (SSSR count). The van der Waals surface area contributed by atoms with Gasteiger partial charge in [0.05, 0.1) is 18.9 Å². The second kappa shape index (κ2) is 17.5. The molecule has 1 aromatic heterocycles. The Hall–Kier alpha value is -0.630. The van der Waals surface area contributed by atoms with E-state index in [1.165, 1.54) is 64.9 Å². The number of nitrogens with one attached hydrogen (secondary N) is 2. The molecule has 1 heterocycles. The lowest BCUT2D eigenvalue weighted by molar-refractivity contribution is -0.167. The van der Waals surface area contributed by atoms with Crippen molar-refractivity contribution in [1.82, 2.24) is 15.6 Å². The molecule has 0 unspecified atom stereocenters. The predicted molar refractivity (Wildman–Crippen MR) is 186 cm³/mol. The third-order valence-corrected chi connectivity index (χ3v) is 12.7. The van der Waals surface area contributed by atoms with Crippen LogP contribution in [0.1, 0.15) is 104 Å². The fourth-order valence-electron chi connectivity index (χ4n) is 10.4. The number of rotatable bonds is 12. The van der Waals surface area contributed by atoms with Gasteiger partial charge in [-0.15, -0.1) is 37.2 Å². The first-order chi connectivity index (χ1) is 19.8. The molecule has 254 valence electrons. The summed E-state index contributed by atoms with van der Waals surface area (Å²) >= 11 is 0. The van der Waals surface area contributed by atoms with Crippen molar-refractivity contribution in [2.45, 2.75) is 117 Å². The van der Waals surface area contributed by atoms with Crippen LogP contribution in [-0.2, 0) is 16.1 Å². The molecular formula is C35H60Cl3N3O3. The molecule has 0 spiro atoms. The summed E-state index contributed by atoms with van der Waals surface area (Å²) in [4.78, 5) is 16.2. The van der Waals surface area contributed by atoms with Crippen molar-refractivity contribution in [3.8, 4) is 0 Å². The van der Waals surface area contributed by atoms with E-state index in [0.717, 1.165) is 38.2 Å². The standard InChI is InChI=1S/C35H57N3O3.3ClH/c1-24(10-13-32(40)41-4)28-11-12-29-33-30(15-17-35(28,29)3)34(2)16-14-26(21-25(34)22-31(33)39)37-20-8-7-18-36-23-27-9-5-6-19-38-27;;;/h5-6,9,19,24-26,28-31,33,36-37,39H,7-8,10-18,20-23H2,1-4H3;3*1H/t24-,25-,26-,28+,29+,30-,31-,33+,34+,35+;;;/m1.../s1. The normalized spacial score (nSPS) is 36.2. The maximum atomic E-state index is 11.8. The second-order valence-corrected chi connectivity index (χ2v) is 14.7. The summed E-state index contributed by atoms with van der Waals surface area (Å²) in [5.41, 5.74) is 1.77. The van der Waals surface area contributed by atoms with Crippen LogP contribution in [-0.4, -0.2) is 48.4 Å². The number of hydrogen-bond donors (Lipinski definition) is 3. The molecule has 6 nitrogen and oxygen atoms in total. The Labute approximate surface area is 285 Å². The van der Waals surface area contributed by atoms with Gasteiger partial charge in [-0.3, -0.25) is 9.78 Å². The van der Waals surface area contributed by atoms with Crippen LogP contribution in [0, 0.1) is 46.3 Å². The molecule has 0 bridgehead atoms. The highest BCUT2D eigenvalue weighted by molar-refractivity contribution is 5.86. The minimum absolute atomic E-state index is 0. The summed E-state index contributed by atoms with van der Waals surface area (Å²) in [7, 11) is 1.49. The van der Waals surface area contributed by atoms with Crippen LogP contribution in [0.25, 0.3) is 0 Å². The Balaban J connectivity index is 0.00000225. The van der Waals surface area contributed by atoms with Crippen molar-refractivity contribution in [3.05, 3.63) is 30.1 Å². The monoisotopic (exact) mass is 675 g/mol. The van der Waals surface area contributed by atoms with Crippen molar-refractivity contribution < 1.29 is 14.6 Å². The molecule has 4 saturated carbocycles. The number of carbonyl (C=O) groups excluding carboxylic acids is 1. The molecule has 4 aliphatic carbocycles. The number of aromatic nitrogens is 1. The molecule has 0 saturated heterocycles. The summed E-state index contributed by atoms with van der Waals surface area (Å²) in [5, 5.41) is 19.1. The Kier molecular flexibility index (Phi) is 15.7. The van der Waals surface area contributed by atoms with E-state index in [0.29, 0.717) is 58.8 Å². The van der Waals surface area contributed by atoms with Crippen LogP contribution in [0.4, 0.5) is 0 Å². The molecule has 10 atom stereocenters. The van der Waals surface area contributed by atoms with Crippen molar-refractivity contribution in [3.63, 3.8) is 0 Å². The van der Waals surface area contributed by atoms with Crippen LogP contribution in [0.3, 0.4) is 0 Å². The highest BCUT2D eigenvalue weighted by Crippen LogP contribution is 2.68. The van der Waals surface area contributed by atoms with Crippen LogP contribution in [0.5, 0.6) is 0 Å². The number of carbonyl (C=O) groups is 1. The van der Waals surface area contributed by atoms with E-state index < -0.39 is 0 Å². The number of nitrogens with zero attached hydrogens (tertiary/aromatic N) is 1. The average molecular weight is 677 g/mol. The number of hydrogen-bond acceptors (Lipinski definition) is 6. The van der Waals surface area contributed by atoms with Crippen molar-refractivity contribution in [2.75, 3.05) is 20.2 Å².